The molecule has 2 N–H and O–H groups in total. The fourth-order valence-corrected chi connectivity index (χ4v) is 3.49. The Labute approximate surface area is 147 Å². The number of amides is 1. The van der Waals surface area contributed by atoms with E-state index in [-0.39, 0.29) is 17.9 Å². The molecule has 1 aliphatic carbocycles. The quantitative estimate of drug-likeness (QED) is 0.844. The van der Waals surface area contributed by atoms with E-state index in [4.69, 9.17) is 4.74 Å². The monoisotopic (exact) mass is 343 g/mol. The third-order valence-electron chi connectivity index (χ3n) is 4.91. The van der Waals surface area contributed by atoms with Gasteiger partial charge in [-0.1, -0.05) is 25.5 Å². The van der Waals surface area contributed by atoms with Gasteiger partial charge in [0.05, 0.1) is 30.7 Å². The molecule has 1 amide bonds. The van der Waals surface area contributed by atoms with E-state index in [1.54, 1.807) is 18.0 Å². The number of nitrogens with one attached hydrogen (secondary N) is 1. The molecule has 6 nitrogen and oxygen atoms in total. The molecule has 1 aliphatic rings. The van der Waals surface area contributed by atoms with Crippen molar-refractivity contribution in [3.8, 4) is 11.4 Å². The summed E-state index contributed by atoms with van der Waals surface area (Å²) in [6.45, 7) is 2.50. The van der Waals surface area contributed by atoms with Crippen molar-refractivity contribution in [1.29, 1.82) is 0 Å². The van der Waals surface area contributed by atoms with Gasteiger partial charge in [0.25, 0.3) is 5.91 Å². The Kier molecular flexibility index (Phi) is 5.38. The molecule has 3 rings (SSSR count). The summed E-state index contributed by atoms with van der Waals surface area (Å²) in [5, 5.41) is 17.3. The van der Waals surface area contributed by atoms with E-state index in [0.717, 1.165) is 30.6 Å². The maximum atomic E-state index is 12.6. The molecule has 0 radical (unpaired) electrons. The van der Waals surface area contributed by atoms with Crippen molar-refractivity contribution in [1.82, 2.24) is 15.1 Å². The Bertz CT molecular complexity index is 741. The second-order valence-corrected chi connectivity index (χ2v) is 6.41. The second-order valence-electron chi connectivity index (χ2n) is 6.41. The van der Waals surface area contributed by atoms with Crippen LogP contribution in [-0.2, 0) is 6.42 Å². The standard InChI is InChI=1S/C19H25N3O3/c1-3-15-14(19(24)20-11-13-7-6-9-17(13)23)12-21-22(15)16-8-4-5-10-18(16)25-2/h4-5,8,10,12-13,17,23H,3,6-7,9,11H2,1-2H3,(H,20,24)/t13-,17+/m0/s1. The highest BCUT2D eigenvalue weighted by Crippen LogP contribution is 2.26. The second kappa shape index (κ2) is 7.70. The normalized spacial score (nSPS) is 19.8. The Morgan fingerprint density at radius 1 is 1.40 bits per heavy atom. The largest absolute Gasteiger partial charge is 0.494 e. The molecule has 1 saturated carbocycles. The first-order valence-electron chi connectivity index (χ1n) is 8.82. The number of rotatable bonds is 6. The SMILES string of the molecule is CCc1c(C(=O)NC[C@@H]2CCC[C@H]2O)cnn1-c1ccccc1OC. The van der Waals surface area contributed by atoms with Gasteiger partial charge in [0.1, 0.15) is 11.4 Å². The van der Waals surface area contributed by atoms with Crippen LogP contribution in [0.1, 0.15) is 42.2 Å². The van der Waals surface area contributed by atoms with E-state index in [1.807, 2.05) is 31.2 Å². The van der Waals surface area contributed by atoms with Crippen LogP contribution in [-0.4, -0.2) is 40.6 Å². The van der Waals surface area contributed by atoms with Crippen molar-refractivity contribution in [2.24, 2.45) is 5.92 Å². The molecule has 6 heteroatoms. The van der Waals surface area contributed by atoms with E-state index >= 15 is 0 Å². The van der Waals surface area contributed by atoms with Gasteiger partial charge >= 0.3 is 0 Å². The summed E-state index contributed by atoms with van der Waals surface area (Å²) in [6, 6.07) is 7.61. The fraction of sp³-hybridized carbons (Fsp3) is 0.474. The maximum absolute atomic E-state index is 12.6. The van der Waals surface area contributed by atoms with Gasteiger partial charge in [-0.15, -0.1) is 0 Å². The summed E-state index contributed by atoms with van der Waals surface area (Å²) < 4.78 is 7.17. The number of aliphatic hydroxyl groups is 1. The average Bonchev–Trinajstić information content (AvgIpc) is 3.25. The van der Waals surface area contributed by atoms with Crippen LogP contribution >= 0.6 is 0 Å². The Morgan fingerprint density at radius 2 is 2.20 bits per heavy atom. The summed E-state index contributed by atoms with van der Waals surface area (Å²) >= 11 is 0. The number of methoxy groups -OCH3 is 1. The van der Waals surface area contributed by atoms with Crippen molar-refractivity contribution < 1.29 is 14.6 Å². The van der Waals surface area contributed by atoms with Gasteiger partial charge in [-0.25, -0.2) is 4.68 Å². The molecule has 134 valence electrons. The molecular formula is C19H25N3O3. The molecule has 2 aromatic rings. The van der Waals surface area contributed by atoms with Gasteiger partial charge in [0, 0.05) is 12.5 Å². The summed E-state index contributed by atoms with van der Waals surface area (Å²) in [7, 11) is 1.62. The molecule has 0 unspecified atom stereocenters. The van der Waals surface area contributed by atoms with Gasteiger partial charge in [-0.2, -0.15) is 5.10 Å². The molecule has 1 heterocycles. The zero-order chi connectivity index (χ0) is 17.8. The molecule has 0 spiro atoms. The van der Waals surface area contributed by atoms with Gasteiger partial charge in [0.15, 0.2) is 0 Å². The highest BCUT2D eigenvalue weighted by molar-refractivity contribution is 5.95. The zero-order valence-electron chi connectivity index (χ0n) is 14.7. The number of carbonyl (C=O) groups excluding carboxylic acids is 1. The van der Waals surface area contributed by atoms with Crippen LogP contribution in [0, 0.1) is 5.92 Å². The van der Waals surface area contributed by atoms with Crippen LogP contribution in [0.2, 0.25) is 0 Å². The Hall–Kier alpha value is -2.34. The number of para-hydroxylation sites is 2. The van der Waals surface area contributed by atoms with E-state index in [2.05, 4.69) is 10.4 Å². The molecule has 1 aromatic heterocycles. The first kappa shape index (κ1) is 17.5. The van der Waals surface area contributed by atoms with Crippen LogP contribution in [0.4, 0.5) is 0 Å². The van der Waals surface area contributed by atoms with Crippen molar-refractivity contribution in [3.63, 3.8) is 0 Å². The average molecular weight is 343 g/mol. The molecule has 1 fully saturated rings. The number of benzene rings is 1. The summed E-state index contributed by atoms with van der Waals surface area (Å²) in [4.78, 5) is 12.6. The smallest absolute Gasteiger partial charge is 0.254 e. The molecule has 0 bridgehead atoms. The number of nitrogens with zero attached hydrogens (tertiary/aromatic N) is 2. The molecular weight excluding hydrogens is 318 g/mol. The highest BCUT2D eigenvalue weighted by Gasteiger charge is 2.26. The minimum absolute atomic E-state index is 0.142. The van der Waals surface area contributed by atoms with Crippen LogP contribution in [0.25, 0.3) is 5.69 Å². The Morgan fingerprint density at radius 3 is 2.88 bits per heavy atom. The summed E-state index contributed by atoms with van der Waals surface area (Å²) in [5.74, 6) is 0.719. The topological polar surface area (TPSA) is 76.4 Å². The van der Waals surface area contributed by atoms with Crippen molar-refractivity contribution in [3.05, 3.63) is 41.7 Å². The van der Waals surface area contributed by atoms with Crippen molar-refractivity contribution in [2.75, 3.05) is 13.7 Å². The summed E-state index contributed by atoms with van der Waals surface area (Å²) in [6.07, 6.45) is 4.78. The van der Waals surface area contributed by atoms with E-state index in [1.165, 1.54) is 0 Å². The van der Waals surface area contributed by atoms with Crippen LogP contribution in [0.5, 0.6) is 5.75 Å². The number of ether oxygens (including phenoxy) is 1. The molecule has 1 aromatic carbocycles. The Balaban J connectivity index is 1.81. The lowest BCUT2D eigenvalue weighted by atomic mass is 10.1. The fourth-order valence-electron chi connectivity index (χ4n) is 3.49. The number of aromatic nitrogens is 2. The van der Waals surface area contributed by atoms with Crippen molar-refractivity contribution in [2.45, 2.75) is 38.7 Å². The van der Waals surface area contributed by atoms with Crippen LogP contribution < -0.4 is 10.1 Å². The van der Waals surface area contributed by atoms with Gasteiger partial charge in [-0.05, 0) is 31.4 Å². The molecule has 0 saturated heterocycles. The highest BCUT2D eigenvalue weighted by atomic mass is 16.5. The van der Waals surface area contributed by atoms with Crippen LogP contribution in [0.3, 0.4) is 0 Å². The van der Waals surface area contributed by atoms with E-state index in [9.17, 15) is 9.90 Å². The minimum Gasteiger partial charge on any atom is -0.494 e. The predicted molar refractivity (Wildman–Crippen MR) is 95.2 cm³/mol. The third kappa shape index (κ3) is 3.54. The van der Waals surface area contributed by atoms with Crippen LogP contribution in [0.15, 0.2) is 30.5 Å². The minimum atomic E-state index is -0.303. The first-order chi connectivity index (χ1) is 12.2. The predicted octanol–water partition coefficient (Wildman–Crippen LogP) is 2.33. The lowest BCUT2D eigenvalue weighted by molar-refractivity contribution is 0.0916. The van der Waals surface area contributed by atoms with Crippen molar-refractivity contribution >= 4 is 5.91 Å². The van der Waals surface area contributed by atoms with E-state index in [0.29, 0.717) is 24.3 Å². The number of carbonyl (C=O) groups is 1. The lowest BCUT2D eigenvalue weighted by Gasteiger charge is -2.15. The van der Waals surface area contributed by atoms with Gasteiger partial charge in [-0.3, -0.25) is 4.79 Å². The molecule has 25 heavy (non-hydrogen) atoms. The first-order valence-corrected chi connectivity index (χ1v) is 8.82. The van der Waals surface area contributed by atoms with Gasteiger partial charge in [0.2, 0.25) is 0 Å². The lowest BCUT2D eigenvalue weighted by Crippen LogP contribution is -2.32. The summed E-state index contributed by atoms with van der Waals surface area (Å²) in [5.41, 5.74) is 2.22. The number of aliphatic hydroxyl groups excluding tert-OH is 1. The maximum Gasteiger partial charge on any atom is 0.254 e. The molecule has 2 atom stereocenters. The van der Waals surface area contributed by atoms with E-state index < -0.39 is 0 Å². The number of hydrogen-bond acceptors (Lipinski definition) is 4. The molecule has 0 aliphatic heterocycles. The number of hydrogen-bond donors (Lipinski definition) is 2. The third-order valence-corrected chi connectivity index (χ3v) is 4.91. The zero-order valence-corrected chi connectivity index (χ0v) is 14.7. The van der Waals surface area contributed by atoms with Gasteiger partial charge < -0.3 is 15.2 Å².